The van der Waals surface area contributed by atoms with Crippen molar-refractivity contribution in [3.8, 4) is 0 Å². The maximum atomic E-state index is 12.8. The summed E-state index contributed by atoms with van der Waals surface area (Å²) in [5, 5.41) is 9.64. The van der Waals surface area contributed by atoms with Crippen molar-refractivity contribution in [1.82, 2.24) is 4.57 Å². The molecule has 6 heteroatoms. The fraction of sp³-hybridized carbons (Fsp3) is 0.250. The van der Waals surface area contributed by atoms with Gasteiger partial charge in [0, 0.05) is 25.0 Å². The highest BCUT2D eigenvalue weighted by Gasteiger charge is 2.28. The summed E-state index contributed by atoms with van der Waals surface area (Å²) >= 11 is 5.99. The number of benzene rings is 1. The largest absolute Gasteiger partial charge is 0.478 e. The summed E-state index contributed by atoms with van der Waals surface area (Å²) in [6.45, 7) is 3.13. The molecule has 0 saturated heterocycles. The zero-order chi connectivity index (χ0) is 15.9. The Balaban J connectivity index is 2.00. The van der Waals surface area contributed by atoms with Crippen molar-refractivity contribution in [1.29, 1.82) is 0 Å². The number of anilines is 1. The fourth-order valence-electron chi connectivity index (χ4n) is 2.78. The number of carbonyl (C=O) groups is 2. The van der Waals surface area contributed by atoms with Crippen molar-refractivity contribution < 1.29 is 14.7 Å². The molecule has 2 heterocycles. The molecule has 0 radical (unpaired) electrons. The molecule has 1 aromatic carbocycles. The molecule has 1 amide bonds. The number of carboxylic acid groups (broad SMARTS) is 1. The minimum atomic E-state index is -0.998. The van der Waals surface area contributed by atoms with Gasteiger partial charge in [-0.3, -0.25) is 4.79 Å². The summed E-state index contributed by atoms with van der Waals surface area (Å²) in [6.07, 6.45) is 2.45. The minimum absolute atomic E-state index is 0.157. The summed E-state index contributed by atoms with van der Waals surface area (Å²) in [4.78, 5) is 25.5. The van der Waals surface area contributed by atoms with E-state index < -0.39 is 5.97 Å². The monoisotopic (exact) mass is 318 g/mol. The molecule has 3 rings (SSSR count). The van der Waals surface area contributed by atoms with Gasteiger partial charge in [0.1, 0.15) is 5.69 Å². The van der Waals surface area contributed by atoms with Gasteiger partial charge in [-0.05, 0) is 37.1 Å². The van der Waals surface area contributed by atoms with Crippen LogP contribution in [0, 0.1) is 0 Å². The maximum absolute atomic E-state index is 12.8. The Morgan fingerprint density at radius 3 is 2.77 bits per heavy atom. The molecule has 1 aliphatic heterocycles. The van der Waals surface area contributed by atoms with E-state index in [9.17, 15) is 9.59 Å². The molecule has 1 N–H and O–H groups in total. The minimum Gasteiger partial charge on any atom is -0.478 e. The average molecular weight is 319 g/mol. The Morgan fingerprint density at radius 1 is 1.32 bits per heavy atom. The van der Waals surface area contributed by atoms with E-state index in [1.807, 2.05) is 6.92 Å². The molecule has 1 aromatic heterocycles. The zero-order valence-corrected chi connectivity index (χ0v) is 12.8. The molecular weight excluding hydrogens is 304 g/mol. The quantitative estimate of drug-likeness (QED) is 0.946. The molecule has 5 nitrogen and oxygen atoms in total. The third kappa shape index (κ3) is 2.37. The molecule has 22 heavy (non-hydrogen) atoms. The zero-order valence-electron chi connectivity index (χ0n) is 12.0. The first-order valence-electron chi connectivity index (χ1n) is 7.05. The van der Waals surface area contributed by atoms with Gasteiger partial charge in [0.25, 0.3) is 5.91 Å². The van der Waals surface area contributed by atoms with Crippen molar-refractivity contribution in [3.05, 3.63) is 52.3 Å². The van der Waals surface area contributed by atoms with E-state index in [4.69, 9.17) is 16.7 Å². The van der Waals surface area contributed by atoms with Crippen molar-refractivity contribution in [2.75, 3.05) is 11.4 Å². The van der Waals surface area contributed by atoms with Gasteiger partial charge in [-0.2, -0.15) is 0 Å². The van der Waals surface area contributed by atoms with Crippen LogP contribution in [0.5, 0.6) is 0 Å². The van der Waals surface area contributed by atoms with E-state index in [0.29, 0.717) is 29.5 Å². The molecule has 0 fully saturated rings. The van der Waals surface area contributed by atoms with Crippen LogP contribution in [0.4, 0.5) is 5.69 Å². The Morgan fingerprint density at radius 2 is 2.09 bits per heavy atom. The maximum Gasteiger partial charge on any atom is 0.335 e. The second-order valence-corrected chi connectivity index (χ2v) is 5.62. The van der Waals surface area contributed by atoms with Crippen molar-refractivity contribution in [2.45, 2.75) is 19.9 Å². The molecule has 0 spiro atoms. The van der Waals surface area contributed by atoms with Crippen molar-refractivity contribution in [2.24, 2.45) is 0 Å². The third-order valence-electron chi connectivity index (χ3n) is 3.90. The van der Waals surface area contributed by atoms with Crippen LogP contribution in [-0.2, 0) is 13.0 Å². The van der Waals surface area contributed by atoms with Crippen LogP contribution in [-0.4, -0.2) is 28.1 Å². The third-order valence-corrected chi connectivity index (χ3v) is 4.10. The summed E-state index contributed by atoms with van der Waals surface area (Å²) in [5.74, 6) is -1.16. The number of carbonyl (C=O) groups excluding carboxylic acids is 1. The lowest BCUT2D eigenvalue weighted by molar-refractivity contribution is 0.0696. The first-order valence-corrected chi connectivity index (χ1v) is 7.42. The lowest BCUT2D eigenvalue weighted by Gasteiger charge is -2.18. The number of fused-ring (bicyclic) bond motifs is 1. The predicted octanol–water partition coefficient (Wildman–Crippen LogP) is 3.06. The van der Waals surface area contributed by atoms with E-state index in [0.717, 1.165) is 12.0 Å². The van der Waals surface area contributed by atoms with Crippen molar-refractivity contribution >= 4 is 29.2 Å². The Kier molecular flexibility index (Phi) is 3.66. The van der Waals surface area contributed by atoms with Gasteiger partial charge in [-0.15, -0.1) is 0 Å². The van der Waals surface area contributed by atoms with Gasteiger partial charge in [-0.25, -0.2) is 4.79 Å². The molecular formula is C16H15ClN2O3. The number of carboxylic acids is 1. The number of nitrogens with zero attached hydrogens (tertiary/aromatic N) is 2. The van der Waals surface area contributed by atoms with E-state index in [2.05, 4.69) is 0 Å². The van der Waals surface area contributed by atoms with Gasteiger partial charge in [0.15, 0.2) is 0 Å². The van der Waals surface area contributed by atoms with E-state index in [1.165, 1.54) is 0 Å². The SMILES string of the molecule is CCn1cc(Cl)cc1C(=O)N1CCc2ccc(C(=O)O)cc21. The summed E-state index contributed by atoms with van der Waals surface area (Å²) in [6, 6.07) is 6.55. The average Bonchev–Trinajstić information content (AvgIpc) is 3.08. The summed E-state index contributed by atoms with van der Waals surface area (Å²) < 4.78 is 1.80. The normalized spacial score (nSPS) is 13.3. The van der Waals surface area contributed by atoms with Crippen LogP contribution < -0.4 is 4.90 Å². The van der Waals surface area contributed by atoms with E-state index >= 15 is 0 Å². The second-order valence-electron chi connectivity index (χ2n) is 5.19. The number of aromatic carboxylic acids is 1. The van der Waals surface area contributed by atoms with Crippen LogP contribution in [0.1, 0.15) is 33.3 Å². The molecule has 0 atom stereocenters. The number of halogens is 1. The number of amides is 1. The smallest absolute Gasteiger partial charge is 0.335 e. The second kappa shape index (κ2) is 5.50. The van der Waals surface area contributed by atoms with Crippen LogP contribution in [0.3, 0.4) is 0 Å². The van der Waals surface area contributed by atoms with Gasteiger partial charge in [0.2, 0.25) is 0 Å². The lowest BCUT2D eigenvalue weighted by atomic mass is 10.1. The topological polar surface area (TPSA) is 62.5 Å². The van der Waals surface area contributed by atoms with Crippen LogP contribution in [0.15, 0.2) is 30.5 Å². The fourth-order valence-corrected chi connectivity index (χ4v) is 3.00. The van der Waals surface area contributed by atoms with E-state index in [1.54, 1.807) is 39.9 Å². The van der Waals surface area contributed by atoms with Gasteiger partial charge < -0.3 is 14.6 Å². The number of hydrogen-bond donors (Lipinski definition) is 1. The molecule has 114 valence electrons. The predicted molar refractivity (Wildman–Crippen MR) is 83.9 cm³/mol. The molecule has 0 unspecified atom stereocenters. The highest BCUT2D eigenvalue weighted by Crippen LogP contribution is 2.31. The first-order chi connectivity index (χ1) is 10.5. The number of aryl methyl sites for hydroxylation is 1. The van der Waals surface area contributed by atoms with Gasteiger partial charge >= 0.3 is 5.97 Å². The Labute approximate surface area is 132 Å². The van der Waals surface area contributed by atoms with Gasteiger partial charge in [0.05, 0.1) is 10.6 Å². The number of aromatic nitrogens is 1. The number of hydrogen-bond acceptors (Lipinski definition) is 2. The van der Waals surface area contributed by atoms with Crippen LogP contribution >= 0.6 is 11.6 Å². The molecule has 2 aromatic rings. The van der Waals surface area contributed by atoms with E-state index in [-0.39, 0.29) is 11.5 Å². The summed E-state index contributed by atoms with van der Waals surface area (Å²) in [7, 11) is 0. The lowest BCUT2D eigenvalue weighted by Crippen LogP contribution is -2.30. The Bertz CT molecular complexity index is 767. The highest BCUT2D eigenvalue weighted by molar-refractivity contribution is 6.31. The molecule has 1 aliphatic rings. The van der Waals surface area contributed by atoms with Gasteiger partial charge in [-0.1, -0.05) is 17.7 Å². The first kappa shape index (κ1) is 14.7. The molecule has 0 aliphatic carbocycles. The number of rotatable bonds is 3. The Hall–Kier alpha value is -2.27. The highest BCUT2D eigenvalue weighted by atomic mass is 35.5. The molecule has 0 saturated carbocycles. The standard InChI is InChI=1S/C16H15ClN2O3/c1-2-18-9-12(17)8-14(18)15(20)19-6-5-10-3-4-11(16(21)22)7-13(10)19/h3-4,7-9H,2,5-6H2,1H3,(H,21,22). The van der Waals surface area contributed by atoms with Crippen LogP contribution in [0.2, 0.25) is 5.02 Å². The summed E-state index contributed by atoms with van der Waals surface area (Å²) in [5.41, 5.74) is 2.35. The molecule has 0 bridgehead atoms. The van der Waals surface area contributed by atoms with Crippen molar-refractivity contribution in [3.63, 3.8) is 0 Å². The van der Waals surface area contributed by atoms with Crippen LogP contribution in [0.25, 0.3) is 0 Å².